The van der Waals surface area contributed by atoms with Crippen molar-refractivity contribution >= 4 is 11.5 Å². The highest BCUT2D eigenvalue weighted by molar-refractivity contribution is 5.61. The van der Waals surface area contributed by atoms with Gasteiger partial charge in [0, 0.05) is 25.5 Å². The van der Waals surface area contributed by atoms with E-state index >= 15 is 0 Å². The van der Waals surface area contributed by atoms with E-state index in [0.717, 1.165) is 11.5 Å². The predicted molar refractivity (Wildman–Crippen MR) is 55.7 cm³/mol. The maximum atomic E-state index is 5.04. The number of methoxy groups -OCH3 is 1. The number of hydrogen-bond acceptors (Lipinski definition) is 5. The predicted octanol–water partition coefficient (Wildman–Crippen LogP) is 0.571. The van der Waals surface area contributed by atoms with Crippen molar-refractivity contribution in [2.75, 3.05) is 19.0 Å². The highest BCUT2D eigenvalue weighted by Gasteiger charge is 2.07. The van der Waals surface area contributed by atoms with E-state index in [4.69, 9.17) is 4.74 Å². The van der Waals surface area contributed by atoms with E-state index in [1.165, 1.54) is 0 Å². The van der Waals surface area contributed by atoms with E-state index in [1.54, 1.807) is 19.6 Å². The molecule has 2 aromatic rings. The van der Waals surface area contributed by atoms with Gasteiger partial charge in [-0.25, -0.2) is 4.98 Å². The van der Waals surface area contributed by atoms with Gasteiger partial charge in [0.2, 0.25) is 5.65 Å². The number of ether oxygens (including phenoxy) is 1. The summed E-state index contributed by atoms with van der Waals surface area (Å²) in [6, 6.07) is 0.186. The highest BCUT2D eigenvalue weighted by Crippen LogP contribution is 2.10. The molecule has 0 fully saturated rings. The van der Waals surface area contributed by atoms with E-state index < -0.39 is 0 Å². The van der Waals surface area contributed by atoms with Gasteiger partial charge in [0.1, 0.15) is 6.33 Å². The average molecular weight is 207 g/mol. The van der Waals surface area contributed by atoms with Crippen LogP contribution >= 0.6 is 0 Å². The van der Waals surface area contributed by atoms with Gasteiger partial charge in [-0.05, 0) is 6.92 Å². The normalized spacial score (nSPS) is 12.9. The van der Waals surface area contributed by atoms with Crippen LogP contribution in [0.5, 0.6) is 0 Å². The quantitative estimate of drug-likeness (QED) is 0.794. The number of fused-ring (bicyclic) bond motifs is 1. The molecule has 1 unspecified atom stereocenters. The van der Waals surface area contributed by atoms with Gasteiger partial charge in [-0.15, -0.1) is 10.2 Å². The first-order chi connectivity index (χ1) is 7.31. The molecule has 0 bridgehead atoms. The monoisotopic (exact) mass is 207 g/mol. The Bertz CT molecular complexity index is 441. The van der Waals surface area contributed by atoms with E-state index in [0.29, 0.717) is 6.61 Å². The van der Waals surface area contributed by atoms with Gasteiger partial charge in [-0.3, -0.25) is 4.40 Å². The Balaban J connectivity index is 2.23. The molecule has 2 heterocycles. The number of nitrogens with zero attached hydrogens (tertiary/aromatic N) is 4. The molecule has 1 atom stereocenters. The van der Waals surface area contributed by atoms with Crippen molar-refractivity contribution in [1.82, 2.24) is 19.6 Å². The van der Waals surface area contributed by atoms with Crippen LogP contribution in [0.4, 0.5) is 5.82 Å². The van der Waals surface area contributed by atoms with E-state index in [2.05, 4.69) is 20.5 Å². The van der Waals surface area contributed by atoms with Crippen molar-refractivity contribution in [1.29, 1.82) is 0 Å². The van der Waals surface area contributed by atoms with E-state index in [9.17, 15) is 0 Å². The molecule has 6 heteroatoms. The lowest BCUT2D eigenvalue weighted by molar-refractivity contribution is 0.190. The summed E-state index contributed by atoms with van der Waals surface area (Å²) in [7, 11) is 1.67. The molecule has 2 rings (SSSR count). The first kappa shape index (κ1) is 9.85. The Morgan fingerprint density at radius 2 is 2.47 bits per heavy atom. The highest BCUT2D eigenvalue weighted by atomic mass is 16.5. The molecule has 0 aliphatic rings. The second-order valence-corrected chi connectivity index (χ2v) is 3.34. The Morgan fingerprint density at radius 3 is 3.27 bits per heavy atom. The summed E-state index contributed by atoms with van der Waals surface area (Å²) in [6.45, 7) is 2.64. The van der Waals surface area contributed by atoms with Crippen molar-refractivity contribution < 1.29 is 4.74 Å². The maximum absolute atomic E-state index is 5.04. The maximum Gasteiger partial charge on any atom is 0.203 e. The standard InChI is InChI=1S/C9H13N5O/c1-7(5-15-2)12-8-9-13-11-6-14(9)4-3-10-8/h3-4,6-7H,5H2,1-2H3,(H,10,12). The van der Waals surface area contributed by atoms with Crippen LogP contribution in [-0.4, -0.2) is 39.3 Å². The van der Waals surface area contributed by atoms with Crippen LogP contribution < -0.4 is 5.32 Å². The van der Waals surface area contributed by atoms with Crippen LogP contribution in [0, 0.1) is 0 Å². The molecule has 0 saturated heterocycles. The second-order valence-electron chi connectivity index (χ2n) is 3.34. The Labute approximate surface area is 87.3 Å². The van der Waals surface area contributed by atoms with Crippen LogP contribution in [0.3, 0.4) is 0 Å². The third-order valence-electron chi connectivity index (χ3n) is 2.02. The van der Waals surface area contributed by atoms with Gasteiger partial charge in [0.15, 0.2) is 5.82 Å². The minimum atomic E-state index is 0.186. The molecule has 0 amide bonds. The largest absolute Gasteiger partial charge is 0.383 e. The molecule has 0 radical (unpaired) electrons. The van der Waals surface area contributed by atoms with Gasteiger partial charge in [0.05, 0.1) is 6.61 Å². The summed E-state index contributed by atoms with van der Waals surface area (Å²) >= 11 is 0. The molecule has 0 aromatic carbocycles. The zero-order valence-electron chi connectivity index (χ0n) is 8.71. The molecule has 0 aliphatic heterocycles. The Kier molecular flexibility index (Phi) is 2.77. The van der Waals surface area contributed by atoms with Crippen molar-refractivity contribution in [3.63, 3.8) is 0 Å². The fraction of sp³-hybridized carbons (Fsp3) is 0.444. The lowest BCUT2D eigenvalue weighted by Gasteiger charge is -2.13. The van der Waals surface area contributed by atoms with Crippen molar-refractivity contribution in [3.8, 4) is 0 Å². The Morgan fingerprint density at radius 1 is 1.60 bits per heavy atom. The number of nitrogens with one attached hydrogen (secondary N) is 1. The first-order valence-electron chi connectivity index (χ1n) is 4.71. The third-order valence-corrected chi connectivity index (χ3v) is 2.02. The molecule has 0 spiro atoms. The summed E-state index contributed by atoms with van der Waals surface area (Å²) < 4.78 is 6.85. The minimum Gasteiger partial charge on any atom is -0.383 e. The number of rotatable bonds is 4. The van der Waals surface area contributed by atoms with E-state index in [1.807, 2.05) is 17.5 Å². The van der Waals surface area contributed by atoms with Crippen LogP contribution in [0.1, 0.15) is 6.92 Å². The summed E-state index contributed by atoms with van der Waals surface area (Å²) in [5.41, 5.74) is 0.723. The number of hydrogen-bond donors (Lipinski definition) is 1. The molecule has 0 saturated carbocycles. The molecular formula is C9H13N5O. The van der Waals surface area contributed by atoms with Gasteiger partial charge < -0.3 is 10.1 Å². The van der Waals surface area contributed by atoms with Crippen LogP contribution in [0.15, 0.2) is 18.7 Å². The molecule has 0 aliphatic carbocycles. The van der Waals surface area contributed by atoms with Gasteiger partial charge in [-0.2, -0.15) is 0 Å². The lowest BCUT2D eigenvalue weighted by Crippen LogP contribution is -2.21. The molecule has 15 heavy (non-hydrogen) atoms. The molecule has 6 nitrogen and oxygen atoms in total. The van der Waals surface area contributed by atoms with Crippen LogP contribution in [-0.2, 0) is 4.74 Å². The molecule has 80 valence electrons. The lowest BCUT2D eigenvalue weighted by atomic mass is 10.3. The topological polar surface area (TPSA) is 64.3 Å². The zero-order chi connectivity index (χ0) is 10.7. The van der Waals surface area contributed by atoms with Crippen molar-refractivity contribution in [2.45, 2.75) is 13.0 Å². The molecule has 2 aromatic heterocycles. The molecular weight excluding hydrogens is 194 g/mol. The van der Waals surface area contributed by atoms with Crippen LogP contribution in [0.25, 0.3) is 5.65 Å². The van der Waals surface area contributed by atoms with Crippen LogP contribution in [0.2, 0.25) is 0 Å². The summed E-state index contributed by atoms with van der Waals surface area (Å²) in [4.78, 5) is 4.21. The summed E-state index contributed by atoms with van der Waals surface area (Å²) in [5, 5.41) is 11.0. The minimum absolute atomic E-state index is 0.186. The van der Waals surface area contributed by atoms with Crippen molar-refractivity contribution in [2.24, 2.45) is 0 Å². The second kappa shape index (κ2) is 4.22. The first-order valence-corrected chi connectivity index (χ1v) is 4.71. The van der Waals surface area contributed by atoms with Gasteiger partial charge in [-0.1, -0.05) is 0 Å². The number of aromatic nitrogens is 4. The fourth-order valence-electron chi connectivity index (χ4n) is 1.39. The fourth-order valence-corrected chi connectivity index (χ4v) is 1.39. The summed E-state index contributed by atoms with van der Waals surface area (Å²) in [6.07, 6.45) is 5.16. The van der Waals surface area contributed by atoms with E-state index in [-0.39, 0.29) is 6.04 Å². The van der Waals surface area contributed by atoms with Crippen molar-refractivity contribution in [3.05, 3.63) is 18.7 Å². The smallest absolute Gasteiger partial charge is 0.203 e. The molecule has 1 N–H and O–H groups in total. The van der Waals surface area contributed by atoms with Gasteiger partial charge >= 0.3 is 0 Å². The Hall–Kier alpha value is -1.69. The SMILES string of the molecule is COCC(C)Nc1nccn2cnnc12. The number of anilines is 1. The average Bonchev–Trinajstić information content (AvgIpc) is 2.67. The third kappa shape index (κ3) is 2.04. The summed E-state index contributed by atoms with van der Waals surface area (Å²) in [5.74, 6) is 0.722. The zero-order valence-corrected chi connectivity index (χ0v) is 8.71. The van der Waals surface area contributed by atoms with Gasteiger partial charge in [0.25, 0.3) is 0 Å².